The number of halogens is 1. The van der Waals surface area contributed by atoms with E-state index in [0.29, 0.717) is 10.7 Å². The number of carbonyl (C=O) groups is 2. The van der Waals surface area contributed by atoms with Crippen molar-refractivity contribution in [1.29, 1.82) is 0 Å². The van der Waals surface area contributed by atoms with Gasteiger partial charge in [0.05, 0.1) is 12.0 Å². The van der Waals surface area contributed by atoms with Gasteiger partial charge in [-0.2, -0.15) is 0 Å². The molecule has 0 aliphatic rings. The lowest BCUT2D eigenvalue weighted by molar-refractivity contribution is -0.113. The highest BCUT2D eigenvalue weighted by Crippen LogP contribution is 2.19. The van der Waals surface area contributed by atoms with Gasteiger partial charge < -0.3 is 20.8 Å². The highest BCUT2D eigenvalue weighted by atomic mass is 35.5. The number of benzene rings is 1. The van der Waals surface area contributed by atoms with Gasteiger partial charge in [-0.3, -0.25) is 19.4 Å². The van der Waals surface area contributed by atoms with Crippen LogP contribution in [0.15, 0.2) is 57.0 Å². The van der Waals surface area contributed by atoms with Crippen molar-refractivity contribution in [3.63, 3.8) is 0 Å². The van der Waals surface area contributed by atoms with E-state index < -0.39 is 11.5 Å². The molecular formula is C17H14ClN5O4S. The van der Waals surface area contributed by atoms with Gasteiger partial charge in [-0.05, 0) is 30.3 Å². The lowest BCUT2D eigenvalue weighted by Gasteiger charge is -2.08. The number of anilines is 3. The summed E-state index contributed by atoms with van der Waals surface area (Å²) in [6.07, 6.45) is 1.33. The van der Waals surface area contributed by atoms with Crippen LogP contribution >= 0.6 is 23.4 Å². The summed E-state index contributed by atoms with van der Waals surface area (Å²) in [5, 5.41) is 5.65. The minimum atomic E-state index is -0.648. The molecule has 0 fully saturated rings. The lowest BCUT2D eigenvalue weighted by atomic mass is 10.3. The normalized spacial score (nSPS) is 10.5. The summed E-state index contributed by atoms with van der Waals surface area (Å²) in [6.45, 7) is 0. The molecule has 3 rings (SSSR count). The Morgan fingerprint density at radius 2 is 2.07 bits per heavy atom. The highest BCUT2D eigenvalue weighted by molar-refractivity contribution is 7.99. The molecule has 2 heterocycles. The molecule has 9 nitrogen and oxygen atoms in total. The van der Waals surface area contributed by atoms with Crippen molar-refractivity contribution in [3.05, 3.63) is 63.8 Å². The van der Waals surface area contributed by atoms with E-state index in [1.54, 1.807) is 24.3 Å². The predicted octanol–water partition coefficient (Wildman–Crippen LogP) is 2.58. The Hall–Kier alpha value is -3.24. The van der Waals surface area contributed by atoms with Crippen LogP contribution in [0.2, 0.25) is 5.02 Å². The van der Waals surface area contributed by atoms with Crippen molar-refractivity contribution in [2.75, 3.05) is 22.1 Å². The molecule has 0 spiro atoms. The molecule has 144 valence electrons. The van der Waals surface area contributed by atoms with Crippen molar-refractivity contribution < 1.29 is 14.0 Å². The average molecular weight is 420 g/mol. The number of aromatic amines is 1. The van der Waals surface area contributed by atoms with E-state index >= 15 is 0 Å². The fourth-order valence-corrected chi connectivity index (χ4v) is 3.00. The summed E-state index contributed by atoms with van der Waals surface area (Å²) >= 11 is 6.85. The standard InChI is InChI=1S/C17H14ClN5O4S/c18-9-3-1-4-10(7-9)20-12(24)8-28-17-22-14(19)13(16(26)23-17)21-15(25)11-5-2-6-27-11/h1-7H,8H2,(H,20,24)(H,21,25)(H3,19,22,23,26). The van der Waals surface area contributed by atoms with Crippen LogP contribution in [-0.2, 0) is 4.79 Å². The van der Waals surface area contributed by atoms with Gasteiger partial charge in [-0.15, -0.1) is 0 Å². The molecule has 0 radical (unpaired) electrons. The third kappa shape index (κ3) is 4.93. The van der Waals surface area contributed by atoms with Crippen LogP contribution in [0, 0.1) is 0 Å². The predicted molar refractivity (Wildman–Crippen MR) is 107 cm³/mol. The Labute approximate surface area is 167 Å². The Morgan fingerprint density at radius 3 is 2.75 bits per heavy atom. The Morgan fingerprint density at radius 1 is 1.25 bits per heavy atom. The molecule has 0 aliphatic heterocycles. The van der Waals surface area contributed by atoms with Crippen molar-refractivity contribution in [1.82, 2.24) is 9.97 Å². The van der Waals surface area contributed by atoms with E-state index in [0.717, 1.165) is 11.8 Å². The maximum Gasteiger partial charge on any atom is 0.291 e. The molecule has 0 atom stereocenters. The zero-order valence-corrected chi connectivity index (χ0v) is 15.8. The molecule has 0 saturated carbocycles. The summed E-state index contributed by atoms with van der Waals surface area (Å²) in [4.78, 5) is 42.6. The van der Waals surface area contributed by atoms with Gasteiger partial charge in [-0.25, -0.2) is 4.98 Å². The van der Waals surface area contributed by atoms with Crippen LogP contribution in [0.4, 0.5) is 17.2 Å². The van der Waals surface area contributed by atoms with Crippen molar-refractivity contribution in [3.8, 4) is 0 Å². The zero-order chi connectivity index (χ0) is 20.1. The van der Waals surface area contributed by atoms with E-state index in [1.807, 2.05) is 0 Å². The smallest absolute Gasteiger partial charge is 0.291 e. The number of aromatic nitrogens is 2. The van der Waals surface area contributed by atoms with E-state index in [4.69, 9.17) is 21.8 Å². The van der Waals surface area contributed by atoms with Gasteiger partial charge in [-0.1, -0.05) is 29.4 Å². The highest BCUT2D eigenvalue weighted by Gasteiger charge is 2.16. The molecule has 0 bridgehead atoms. The molecule has 11 heteroatoms. The number of H-pyrrole nitrogens is 1. The Kier molecular flexibility index (Phi) is 6.02. The Balaban J connectivity index is 1.63. The maximum atomic E-state index is 12.2. The van der Waals surface area contributed by atoms with Crippen LogP contribution in [0.3, 0.4) is 0 Å². The van der Waals surface area contributed by atoms with Crippen LogP contribution in [0.1, 0.15) is 10.6 Å². The van der Waals surface area contributed by atoms with Crippen LogP contribution in [-0.4, -0.2) is 27.5 Å². The summed E-state index contributed by atoms with van der Waals surface area (Å²) in [7, 11) is 0. The van der Waals surface area contributed by atoms with Gasteiger partial charge in [0.15, 0.2) is 22.4 Å². The van der Waals surface area contributed by atoms with Crippen molar-refractivity contribution >= 4 is 52.4 Å². The average Bonchev–Trinajstić information content (AvgIpc) is 3.18. The van der Waals surface area contributed by atoms with Gasteiger partial charge in [0, 0.05) is 10.7 Å². The van der Waals surface area contributed by atoms with Gasteiger partial charge in [0.25, 0.3) is 11.5 Å². The number of nitrogen functional groups attached to an aromatic ring is 1. The molecular weight excluding hydrogens is 406 g/mol. The second kappa shape index (κ2) is 8.63. The number of hydrogen-bond donors (Lipinski definition) is 4. The molecule has 2 aromatic heterocycles. The molecule has 1 aromatic carbocycles. The van der Waals surface area contributed by atoms with E-state index in [2.05, 4.69) is 20.6 Å². The van der Waals surface area contributed by atoms with Gasteiger partial charge in [0.2, 0.25) is 5.91 Å². The SMILES string of the molecule is Nc1nc(SCC(=O)Nc2cccc(Cl)c2)[nH]c(=O)c1NC(=O)c1ccco1. The van der Waals surface area contributed by atoms with Gasteiger partial charge >= 0.3 is 0 Å². The van der Waals surface area contributed by atoms with Crippen LogP contribution in [0.5, 0.6) is 0 Å². The first-order chi connectivity index (χ1) is 13.4. The molecule has 0 unspecified atom stereocenters. The third-order valence-corrected chi connectivity index (χ3v) is 4.47. The number of rotatable bonds is 6. The minimum Gasteiger partial charge on any atom is -0.459 e. The van der Waals surface area contributed by atoms with Crippen LogP contribution < -0.4 is 21.9 Å². The first-order valence-electron chi connectivity index (χ1n) is 7.85. The molecule has 2 amide bonds. The summed E-state index contributed by atoms with van der Waals surface area (Å²) < 4.78 is 4.95. The number of nitrogens with one attached hydrogen (secondary N) is 3. The summed E-state index contributed by atoms with van der Waals surface area (Å²) in [6, 6.07) is 9.68. The molecule has 0 saturated heterocycles. The number of furan rings is 1. The zero-order valence-electron chi connectivity index (χ0n) is 14.2. The number of thioether (sulfide) groups is 1. The third-order valence-electron chi connectivity index (χ3n) is 3.36. The van der Waals surface area contributed by atoms with Crippen molar-refractivity contribution in [2.45, 2.75) is 5.16 Å². The second-order valence-corrected chi connectivity index (χ2v) is 6.81. The van der Waals surface area contributed by atoms with Gasteiger partial charge in [0.1, 0.15) is 0 Å². The first-order valence-corrected chi connectivity index (χ1v) is 9.21. The first kappa shape index (κ1) is 19.5. The molecule has 28 heavy (non-hydrogen) atoms. The Bertz CT molecular complexity index is 1070. The number of hydrogen-bond acceptors (Lipinski definition) is 7. The fraction of sp³-hybridized carbons (Fsp3) is 0.0588. The summed E-state index contributed by atoms with van der Waals surface area (Å²) in [5.41, 5.74) is 5.47. The summed E-state index contributed by atoms with van der Waals surface area (Å²) in [5.74, 6) is -1.13. The largest absolute Gasteiger partial charge is 0.459 e. The number of nitrogens with two attached hydrogens (primary N) is 1. The minimum absolute atomic E-state index is 0.0208. The number of carbonyl (C=O) groups excluding carboxylic acids is 2. The molecule has 3 aromatic rings. The van der Waals surface area contributed by atoms with E-state index in [-0.39, 0.29) is 34.1 Å². The van der Waals surface area contributed by atoms with E-state index in [1.165, 1.54) is 18.4 Å². The van der Waals surface area contributed by atoms with Crippen molar-refractivity contribution in [2.24, 2.45) is 0 Å². The quantitative estimate of drug-likeness (QED) is 0.355. The topological polar surface area (TPSA) is 143 Å². The monoisotopic (exact) mass is 419 g/mol. The number of nitrogens with zero attached hydrogens (tertiary/aromatic N) is 1. The van der Waals surface area contributed by atoms with E-state index in [9.17, 15) is 14.4 Å². The maximum absolute atomic E-state index is 12.2. The van der Waals surface area contributed by atoms with Crippen LogP contribution in [0.25, 0.3) is 0 Å². The molecule has 0 aliphatic carbocycles. The fourth-order valence-electron chi connectivity index (χ4n) is 2.14. The second-order valence-electron chi connectivity index (χ2n) is 5.41. The lowest BCUT2D eigenvalue weighted by Crippen LogP contribution is -2.23. The number of amides is 2. The molecule has 5 N–H and O–H groups in total.